The van der Waals surface area contributed by atoms with Gasteiger partial charge in [-0.25, -0.2) is 8.42 Å². The average Bonchev–Trinajstić information content (AvgIpc) is 2.74. The lowest BCUT2D eigenvalue weighted by molar-refractivity contribution is -0.117. The molecule has 1 saturated heterocycles. The van der Waals surface area contributed by atoms with E-state index >= 15 is 0 Å². The zero-order valence-corrected chi connectivity index (χ0v) is 17.0. The summed E-state index contributed by atoms with van der Waals surface area (Å²) in [4.78, 5) is 26.2. The number of rotatable bonds is 6. The number of piperazine rings is 1. The summed E-state index contributed by atoms with van der Waals surface area (Å²) in [6.07, 6.45) is 0. The maximum absolute atomic E-state index is 12.7. The van der Waals surface area contributed by atoms with Crippen molar-refractivity contribution in [2.45, 2.75) is 4.90 Å². The number of carbonyl (C=O) groups is 2. The topological polar surface area (TPSA) is 98.8 Å². The summed E-state index contributed by atoms with van der Waals surface area (Å²) in [6.45, 7) is 1.76. The van der Waals surface area contributed by atoms with Crippen molar-refractivity contribution in [1.29, 1.82) is 0 Å². The third-order valence-corrected chi connectivity index (χ3v) is 6.63. The van der Waals surface area contributed by atoms with Crippen LogP contribution in [0.2, 0.25) is 0 Å². The second-order valence-corrected chi connectivity index (χ2v) is 8.64. The molecule has 2 N–H and O–H groups in total. The molecule has 1 aliphatic heterocycles. The quantitative estimate of drug-likeness (QED) is 0.732. The molecule has 1 aliphatic rings. The molecule has 8 nitrogen and oxygen atoms in total. The van der Waals surface area contributed by atoms with Gasteiger partial charge in [0.15, 0.2) is 0 Å². The zero-order valence-electron chi connectivity index (χ0n) is 16.2. The van der Waals surface area contributed by atoms with Gasteiger partial charge in [0, 0.05) is 44.5 Å². The van der Waals surface area contributed by atoms with E-state index in [0.29, 0.717) is 37.4 Å². The van der Waals surface area contributed by atoms with Gasteiger partial charge in [-0.2, -0.15) is 4.31 Å². The molecule has 0 spiro atoms. The Morgan fingerprint density at radius 1 is 0.966 bits per heavy atom. The number of amides is 2. The molecule has 0 aromatic heterocycles. The number of nitrogens with one attached hydrogen (secondary N) is 2. The van der Waals surface area contributed by atoms with Gasteiger partial charge in [0.1, 0.15) is 0 Å². The van der Waals surface area contributed by atoms with Crippen LogP contribution in [0.15, 0.2) is 59.5 Å². The minimum Gasteiger partial charge on any atom is -0.355 e. The fourth-order valence-electron chi connectivity index (χ4n) is 3.16. The monoisotopic (exact) mass is 416 g/mol. The maximum atomic E-state index is 12.7. The highest BCUT2D eigenvalue weighted by Crippen LogP contribution is 2.17. The van der Waals surface area contributed by atoms with E-state index in [1.54, 1.807) is 61.6 Å². The molecule has 1 heterocycles. The molecule has 9 heteroatoms. The molecule has 29 heavy (non-hydrogen) atoms. The Morgan fingerprint density at radius 3 is 2.31 bits per heavy atom. The first-order valence-electron chi connectivity index (χ1n) is 9.30. The molecule has 154 valence electrons. The average molecular weight is 417 g/mol. The van der Waals surface area contributed by atoms with Gasteiger partial charge in [-0.3, -0.25) is 14.5 Å². The van der Waals surface area contributed by atoms with Gasteiger partial charge in [-0.15, -0.1) is 0 Å². The number of nitrogens with zero attached hydrogens (tertiary/aromatic N) is 2. The van der Waals surface area contributed by atoms with Gasteiger partial charge in [0.25, 0.3) is 5.91 Å². The standard InChI is InChI=1S/C20H24N4O4S/c1-21-20(26)16-6-5-7-17(14-16)22-19(25)15-23-10-12-24(13-11-23)29(27,28)18-8-3-2-4-9-18/h2-9,14H,10-13,15H2,1H3,(H,21,26)(H,22,25). The molecule has 0 aliphatic carbocycles. The van der Waals surface area contributed by atoms with E-state index < -0.39 is 10.0 Å². The predicted molar refractivity (Wildman–Crippen MR) is 110 cm³/mol. The van der Waals surface area contributed by atoms with Crippen LogP contribution in [0.25, 0.3) is 0 Å². The fourth-order valence-corrected chi connectivity index (χ4v) is 4.60. The van der Waals surface area contributed by atoms with E-state index in [4.69, 9.17) is 0 Å². The minimum absolute atomic E-state index is 0.156. The van der Waals surface area contributed by atoms with Gasteiger partial charge >= 0.3 is 0 Å². The largest absolute Gasteiger partial charge is 0.355 e. The molecule has 0 bridgehead atoms. The van der Waals surface area contributed by atoms with Gasteiger partial charge in [0.2, 0.25) is 15.9 Å². The molecule has 0 radical (unpaired) electrons. The third-order valence-electron chi connectivity index (χ3n) is 4.72. The third kappa shape index (κ3) is 5.20. The zero-order chi connectivity index (χ0) is 20.9. The molecule has 0 saturated carbocycles. The molecule has 2 amide bonds. The van der Waals surface area contributed by atoms with Crippen LogP contribution in [0.1, 0.15) is 10.4 Å². The number of hydrogen-bond acceptors (Lipinski definition) is 5. The van der Waals surface area contributed by atoms with Crippen LogP contribution in [-0.2, 0) is 14.8 Å². The highest BCUT2D eigenvalue weighted by atomic mass is 32.2. The minimum atomic E-state index is -3.51. The van der Waals surface area contributed by atoms with E-state index in [0.717, 1.165) is 0 Å². The smallest absolute Gasteiger partial charge is 0.251 e. The normalized spacial score (nSPS) is 15.6. The van der Waals surface area contributed by atoms with Crippen LogP contribution in [0.3, 0.4) is 0 Å². The van der Waals surface area contributed by atoms with E-state index in [9.17, 15) is 18.0 Å². The lowest BCUT2D eigenvalue weighted by Crippen LogP contribution is -2.50. The summed E-state index contributed by atoms with van der Waals surface area (Å²) in [6, 6.07) is 15.0. The van der Waals surface area contributed by atoms with E-state index in [1.165, 1.54) is 4.31 Å². The van der Waals surface area contributed by atoms with Crippen LogP contribution in [0.4, 0.5) is 5.69 Å². The van der Waals surface area contributed by atoms with Crippen LogP contribution >= 0.6 is 0 Å². The van der Waals surface area contributed by atoms with Crippen molar-refractivity contribution in [3.05, 3.63) is 60.2 Å². The molecular formula is C20H24N4O4S. The Balaban J connectivity index is 1.53. The first kappa shape index (κ1) is 21.0. The Hall–Kier alpha value is -2.75. The Labute approximate surface area is 170 Å². The summed E-state index contributed by atoms with van der Waals surface area (Å²) >= 11 is 0. The van der Waals surface area contributed by atoms with E-state index in [2.05, 4.69) is 10.6 Å². The summed E-state index contributed by atoms with van der Waals surface area (Å²) in [7, 11) is -1.96. The summed E-state index contributed by atoms with van der Waals surface area (Å²) in [5.74, 6) is -0.435. The number of benzene rings is 2. The van der Waals surface area contributed by atoms with Crippen LogP contribution in [0.5, 0.6) is 0 Å². The molecule has 0 atom stereocenters. The Morgan fingerprint density at radius 2 is 1.66 bits per heavy atom. The molecule has 2 aromatic rings. The second-order valence-electron chi connectivity index (χ2n) is 6.70. The molecule has 2 aromatic carbocycles. The number of anilines is 1. The predicted octanol–water partition coefficient (Wildman–Crippen LogP) is 0.991. The lowest BCUT2D eigenvalue weighted by Gasteiger charge is -2.33. The van der Waals surface area contributed by atoms with Crippen molar-refractivity contribution in [3.63, 3.8) is 0 Å². The van der Waals surface area contributed by atoms with Gasteiger partial charge in [0.05, 0.1) is 11.4 Å². The van der Waals surface area contributed by atoms with E-state index in [-0.39, 0.29) is 23.3 Å². The van der Waals surface area contributed by atoms with Crippen molar-refractivity contribution in [3.8, 4) is 0 Å². The van der Waals surface area contributed by atoms with Gasteiger partial charge in [-0.1, -0.05) is 24.3 Å². The van der Waals surface area contributed by atoms with Crippen molar-refractivity contribution in [1.82, 2.24) is 14.5 Å². The van der Waals surface area contributed by atoms with Crippen molar-refractivity contribution < 1.29 is 18.0 Å². The lowest BCUT2D eigenvalue weighted by atomic mass is 10.2. The summed E-state index contributed by atoms with van der Waals surface area (Å²) in [5, 5.41) is 5.33. The van der Waals surface area contributed by atoms with Crippen LogP contribution in [0, 0.1) is 0 Å². The molecular weight excluding hydrogens is 392 g/mol. The first-order valence-corrected chi connectivity index (χ1v) is 10.7. The summed E-state index contributed by atoms with van der Waals surface area (Å²) < 4.78 is 26.8. The molecule has 0 unspecified atom stereocenters. The van der Waals surface area contributed by atoms with Crippen molar-refractivity contribution in [2.75, 3.05) is 45.1 Å². The fraction of sp³-hybridized carbons (Fsp3) is 0.300. The number of carbonyl (C=O) groups excluding carboxylic acids is 2. The second kappa shape index (κ2) is 9.17. The van der Waals surface area contributed by atoms with Crippen molar-refractivity contribution >= 4 is 27.5 Å². The first-order chi connectivity index (χ1) is 13.9. The summed E-state index contributed by atoms with van der Waals surface area (Å²) in [5.41, 5.74) is 1.01. The number of hydrogen-bond donors (Lipinski definition) is 2. The SMILES string of the molecule is CNC(=O)c1cccc(NC(=O)CN2CCN(S(=O)(=O)c3ccccc3)CC2)c1. The van der Waals surface area contributed by atoms with E-state index in [1.807, 2.05) is 4.90 Å². The molecule has 1 fully saturated rings. The van der Waals surface area contributed by atoms with Crippen LogP contribution < -0.4 is 10.6 Å². The Kier molecular flexibility index (Phi) is 6.63. The van der Waals surface area contributed by atoms with Crippen molar-refractivity contribution in [2.24, 2.45) is 0 Å². The highest BCUT2D eigenvalue weighted by molar-refractivity contribution is 7.89. The number of sulfonamides is 1. The maximum Gasteiger partial charge on any atom is 0.251 e. The molecule has 3 rings (SSSR count). The van der Waals surface area contributed by atoms with Gasteiger partial charge in [-0.05, 0) is 30.3 Å². The highest BCUT2D eigenvalue weighted by Gasteiger charge is 2.28. The Bertz CT molecular complexity index is 971. The van der Waals surface area contributed by atoms with Crippen LogP contribution in [-0.4, -0.2) is 69.2 Å². The van der Waals surface area contributed by atoms with Gasteiger partial charge < -0.3 is 10.6 Å².